The van der Waals surface area contributed by atoms with Crippen molar-refractivity contribution in [1.29, 1.82) is 0 Å². The van der Waals surface area contributed by atoms with Crippen molar-refractivity contribution in [2.24, 2.45) is 0 Å². The number of aromatic nitrogens is 2. The van der Waals surface area contributed by atoms with Crippen LogP contribution in [0.5, 0.6) is 5.75 Å². The lowest BCUT2D eigenvalue weighted by Crippen LogP contribution is -2.33. The van der Waals surface area contributed by atoms with Gasteiger partial charge in [0, 0.05) is 55.5 Å². The summed E-state index contributed by atoms with van der Waals surface area (Å²) in [6.07, 6.45) is 3.69. The van der Waals surface area contributed by atoms with Gasteiger partial charge in [0.05, 0.1) is 35.1 Å². The Balaban J connectivity index is 0.00000289. The molecule has 5 rings (SSSR count). The van der Waals surface area contributed by atoms with Gasteiger partial charge in [-0.15, -0.1) is 0 Å². The molecule has 0 saturated carbocycles. The minimum Gasteiger partial charge on any atom is -0.493 e. The monoisotopic (exact) mass is 494 g/mol. The van der Waals surface area contributed by atoms with E-state index in [4.69, 9.17) is 4.74 Å². The van der Waals surface area contributed by atoms with Crippen LogP contribution in [0.2, 0.25) is 0 Å². The van der Waals surface area contributed by atoms with Crippen LogP contribution in [-0.4, -0.2) is 36.6 Å². The number of pyridine rings is 2. The number of para-hydroxylation sites is 1. The Labute approximate surface area is 208 Å². The molecule has 2 aromatic heterocycles. The summed E-state index contributed by atoms with van der Waals surface area (Å²) in [5.41, 5.74) is 3.03. The summed E-state index contributed by atoms with van der Waals surface area (Å²) in [7, 11) is 3.66. The smallest absolute Gasteiger partial charge is 0.255 e. The van der Waals surface area contributed by atoms with E-state index in [1.54, 1.807) is 12.3 Å². The van der Waals surface area contributed by atoms with Gasteiger partial charge in [0.15, 0.2) is 0 Å². The van der Waals surface area contributed by atoms with Gasteiger partial charge in [-0.3, -0.25) is 14.8 Å². The van der Waals surface area contributed by atoms with Gasteiger partial charge in [-0.05, 0) is 24.3 Å². The molecule has 6 nitrogen and oxygen atoms in total. The van der Waals surface area contributed by atoms with Gasteiger partial charge >= 0.3 is 0 Å². The summed E-state index contributed by atoms with van der Waals surface area (Å²) >= 11 is 0. The van der Waals surface area contributed by atoms with E-state index in [-0.39, 0.29) is 31.0 Å². The summed E-state index contributed by atoms with van der Waals surface area (Å²) < 4.78 is 33.4. The lowest BCUT2D eigenvalue weighted by Gasteiger charge is -2.27. The number of fused-ring (bicyclic) bond motifs is 2. The van der Waals surface area contributed by atoms with Crippen LogP contribution in [0.3, 0.4) is 0 Å². The van der Waals surface area contributed by atoms with Crippen molar-refractivity contribution in [2.75, 3.05) is 25.6 Å². The zero-order valence-electron chi connectivity index (χ0n) is 19.2. The number of anilines is 1. The van der Waals surface area contributed by atoms with Crippen LogP contribution in [0.4, 0.5) is 14.5 Å². The molecule has 0 fully saturated rings. The molecule has 1 amide bonds. The third-order valence-corrected chi connectivity index (χ3v) is 5.85. The van der Waals surface area contributed by atoms with Crippen molar-refractivity contribution in [2.45, 2.75) is 12.5 Å². The van der Waals surface area contributed by atoms with Gasteiger partial charge in [0.2, 0.25) is 0 Å². The van der Waals surface area contributed by atoms with Crippen molar-refractivity contribution in [3.05, 3.63) is 83.7 Å². The quantitative estimate of drug-likeness (QED) is 0.432. The Kier molecular flexibility index (Phi) is 6.88. The van der Waals surface area contributed by atoms with Gasteiger partial charge in [-0.1, -0.05) is 18.2 Å². The number of ether oxygens (including phenoxy) is 1. The van der Waals surface area contributed by atoms with Crippen LogP contribution >= 0.6 is 13.5 Å². The topological polar surface area (TPSA) is 67.4 Å². The lowest BCUT2D eigenvalue weighted by molar-refractivity contribution is 0.0925. The van der Waals surface area contributed by atoms with Crippen LogP contribution in [0.25, 0.3) is 22.2 Å². The Bertz CT molecular complexity index is 1390. The van der Waals surface area contributed by atoms with E-state index in [0.29, 0.717) is 40.9 Å². The van der Waals surface area contributed by atoms with E-state index in [9.17, 15) is 13.6 Å². The number of nitrogens with one attached hydrogen (secondary N) is 1. The summed E-state index contributed by atoms with van der Waals surface area (Å²) in [5.74, 6) is -0.903. The van der Waals surface area contributed by atoms with Gasteiger partial charge in [-0.25, -0.2) is 8.78 Å². The second-order valence-corrected chi connectivity index (χ2v) is 8.33. The molecular weight excluding hydrogens is 470 g/mol. The number of rotatable bonds is 4. The third kappa shape index (κ3) is 4.64. The third-order valence-electron chi connectivity index (χ3n) is 5.85. The molecule has 1 aliphatic heterocycles. The van der Waals surface area contributed by atoms with Crippen molar-refractivity contribution in [1.82, 2.24) is 15.3 Å². The highest BCUT2D eigenvalue weighted by molar-refractivity contribution is 7.59. The summed E-state index contributed by atoms with van der Waals surface area (Å²) in [6.45, 7) is 0.512. The first-order chi connectivity index (χ1) is 16.4. The Morgan fingerprint density at radius 1 is 1.09 bits per heavy atom. The summed E-state index contributed by atoms with van der Waals surface area (Å²) in [5, 5.41) is 3.76. The normalized spacial score (nSPS) is 14.5. The van der Waals surface area contributed by atoms with Crippen molar-refractivity contribution in [3.63, 3.8) is 0 Å². The lowest BCUT2D eigenvalue weighted by atomic mass is 9.99. The molecule has 0 radical (unpaired) electrons. The number of hydrogen-bond acceptors (Lipinski definition) is 5. The molecule has 0 spiro atoms. The fourth-order valence-corrected chi connectivity index (χ4v) is 4.39. The molecule has 9 heteroatoms. The van der Waals surface area contributed by atoms with Crippen LogP contribution in [0, 0.1) is 11.6 Å². The van der Waals surface area contributed by atoms with Crippen molar-refractivity contribution >= 4 is 36.0 Å². The summed E-state index contributed by atoms with van der Waals surface area (Å²) in [6, 6.07) is 12.4. The average Bonchev–Trinajstić information content (AvgIpc) is 2.82. The van der Waals surface area contributed by atoms with Crippen molar-refractivity contribution in [3.8, 4) is 17.0 Å². The largest absolute Gasteiger partial charge is 0.493 e. The molecule has 180 valence electrons. The molecule has 0 saturated heterocycles. The van der Waals surface area contributed by atoms with Crippen LogP contribution in [0.15, 0.2) is 60.9 Å². The standard InChI is InChI=1S/C26H22F2N4O2.H2S/c1-32(2)25-19-7-9-29-23(15-11-16(27)13-17(28)12-15)24(19)30-14-20(25)26(33)31-21-8-10-34-22-6-4-3-5-18(21)22;/h3-7,9,11-14,21H,8,10H2,1-2H3,(H,31,33);1H2/t21-;/m0./s1. The number of carbonyl (C=O) groups excluding carboxylic acids is 1. The first kappa shape index (κ1) is 24.4. The maximum atomic E-state index is 13.9. The molecule has 35 heavy (non-hydrogen) atoms. The van der Waals surface area contributed by atoms with Crippen molar-refractivity contribution < 1.29 is 18.3 Å². The maximum absolute atomic E-state index is 13.9. The molecule has 0 bridgehead atoms. The van der Waals surface area contributed by atoms with Crippen LogP contribution in [-0.2, 0) is 0 Å². The highest BCUT2D eigenvalue weighted by Gasteiger charge is 2.26. The minimum atomic E-state index is -0.700. The average molecular weight is 495 g/mol. The fraction of sp³-hybridized carbons (Fsp3) is 0.192. The SMILES string of the molecule is CN(C)c1c(C(=O)N[C@H]2CCOc3ccccc32)cnc2c(-c3cc(F)cc(F)c3)nccc12.S. The Morgan fingerprint density at radius 3 is 2.57 bits per heavy atom. The number of nitrogens with zero attached hydrogens (tertiary/aromatic N) is 3. The van der Waals surface area contributed by atoms with E-state index in [0.717, 1.165) is 17.4 Å². The van der Waals surface area contributed by atoms with E-state index in [1.807, 2.05) is 43.3 Å². The molecule has 3 heterocycles. The highest BCUT2D eigenvalue weighted by Crippen LogP contribution is 2.35. The molecule has 4 aromatic rings. The van der Waals surface area contributed by atoms with Gasteiger partial charge in [0.25, 0.3) is 5.91 Å². The van der Waals surface area contributed by atoms with Gasteiger partial charge in [-0.2, -0.15) is 13.5 Å². The second kappa shape index (κ2) is 9.87. The first-order valence-electron chi connectivity index (χ1n) is 10.9. The predicted molar refractivity (Wildman–Crippen MR) is 136 cm³/mol. The van der Waals surface area contributed by atoms with E-state index >= 15 is 0 Å². The van der Waals surface area contributed by atoms with Gasteiger partial charge < -0.3 is 15.0 Å². The number of hydrogen-bond donors (Lipinski definition) is 1. The molecule has 0 unspecified atom stereocenters. The Morgan fingerprint density at radius 2 is 1.83 bits per heavy atom. The number of amides is 1. The molecule has 1 atom stereocenters. The molecule has 1 aliphatic rings. The van der Waals surface area contributed by atoms with Gasteiger partial charge in [0.1, 0.15) is 17.4 Å². The number of benzene rings is 2. The molecule has 2 aromatic carbocycles. The van der Waals surface area contributed by atoms with E-state index in [1.165, 1.54) is 18.3 Å². The molecule has 1 N–H and O–H groups in total. The minimum absolute atomic E-state index is 0. The van der Waals surface area contributed by atoms with Crippen LogP contribution in [0.1, 0.15) is 28.4 Å². The number of carbonyl (C=O) groups is 1. The first-order valence-corrected chi connectivity index (χ1v) is 10.9. The van der Waals surface area contributed by atoms with Crippen LogP contribution < -0.4 is 15.0 Å². The highest BCUT2D eigenvalue weighted by atomic mass is 32.1. The molecular formula is C26H24F2N4O2S. The fourth-order valence-electron chi connectivity index (χ4n) is 4.39. The van der Waals surface area contributed by atoms with E-state index < -0.39 is 11.6 Å². The summed E-state index contributed by atoms with van der Waals surface area (Å²) in [4.78, 5) is 24.1. The zero-order valence-corrected chi connectivity index (χ0v) is 20.2. The molecule has 0 aliphatic carbocycles. The predicted octanol–water partition coefficient (Wildman–Crippen LogP) is 5.01. The zero-order chi connectivity index (χ0) is 23.8. The second-order valence-electron chi connectivity index (χ2n) is 8.33. The Hall–Kier alpha value is -3.72. The number of halogens is 2. The maximum Gasteiger partial charge on any atom is 0.255 e. The van der Waals surface area contributed by atoms with E-state index in [2.05, 4.69) is 15.3 Å².